The van der Waals surface area contributed by atoms with Gasteiger partial charge < -0.3 is 34.4 Å². The second-order valence-corrected chi connectivity index (χ2v) is 8.94. The number of urea groups is 1. The van der Waals surface area contributed by atoms with E-state index >= 15 is 0 Å². The van der Waals surface area contributed by atoms with Crippen molar-refractivity contribution in [3.8, 4) is 28.6 Å². The number of benzene rings is 2. The molecular weight excluding hydrogens is 566 g/mol. The highest BCUT2D eigenvalue weighted by molar-refractivity contribution is 5.95. The lowest BCUT2D eigenvalue weighted by atomic mass is 9.95. The van der Waals surface area contributed by atoms with Crippen molar-refractivity contribution in [2.45, 2.75) is 19.9 Å². The van der Waals surface area contributed by atoms with Gasteiger partial charge in [0.2, 0.25) is 0 Å². The number of nitrogens with one attached hydrogen (secondary N) is 3. The molecule has 2 heterocycles. The van der Waals surface area contributed by atoms with E-state index in [-0.39, 0.29) is 52.2 Å². The van der Waals surface area contributed by atoms with Crippen LogP contribution < -0.4 is 25.5 Å². The highest BCUT2D eigenvalue weighted by Gasteiger charge is 2.32. The zero-order valence-electron chi connectivity index (χ0n) is 23.2. The molecule has 0 saturated heterocycles. The van der Waals surface area contributed by atoms with Crippen molar-refractivity contribution < 1.29 is 43.0 Å². The Morgan fingerprint density at radius 2 is 1.98 bits per heavy atom. The predicted octanol–water partition coefficient (Wildman–Crippen LogP) is 3.29. The Morgan fingerprint density at radius 3 is 2.70 bits per heavy atom. The summed E-state index contributed by atoms with van der Waals surface area (Å²) in [6, 6.07) is 9.95. The number of nitro groups is 1. The maximum Gasteiger partial charge on any atom is 0.338 e. The van der Waals surface area contributed by atoms with Gasteiger partial charge in [0.1, 0.15) is 17.3 Å². The molecule has 15 nitrogen and oxygen atoms in total. The van der Waals surface area contributed by atoms with E-state index < -0.39 is 35.5 Å². The predicted molar refractivity (Wildman–Crippen MR) is 150 cm³/mol. The van der Waals surface area contributed by atoms with E-state index in [2.05, 4.69) is 21.2 Å². The Balaban J connectivity index is 1.39. The van der Waals surface area contributed by atoms with Crippen LogP contribution in [-0.4, -0.2) is 54.5 Å². The van der Waals surface area contributed by atoms with Gasteiger partial charge in [0.05, 0.1) is 42.0 Å². The highest BCUT2D eigenvalue weighted by Crippen LogP contribution is 2.35. The van der Waals surface area contributed by atoms with Gasteiger partial charge >= 0.3 is 12.0 Å². The summed E-state index contributed by atoms with van der Waals surface area (Å²) >= 11 is 0. The van der Waals surface area contributed by atoms with Gasteiger partial charge in [0.15, 0.2) is 18.1 Å². The number of hydrazone groups is 1. The third-order valence-electron chi connectivity index (χ3n) is 6.11. The van der Waals surface area contributed by atoms with Crippen LogP contribution in [0.4, 0.5) is 10.5 Å². The average Bonchev–Trinajstić information content (AvgIpc) is 3.44. The number of hydrogen-bond acceptors (Lipinski definition) is 11. The van der Waals surface area contributed by atoms with Gasteiger partial charge in [-0.05, 0) is 49.7 Å². The third kappa shape index (κ3) is 7.08. The molecule has 2 aromatic carbocycles. The summed E-state index contributed by atoms with van der Waals surface area (Å²) in [5.41, 5.74) is 3.30. The number of carbonyl (C=O) groups is 3. The number of methoxy groups -OCH3 is 1. The smallest absolute Gasteiger partial charge is 0.338 e. The second kappa shape index (κ2) is 13.2. The minimum atomic E-state index is -0.809. The number of non-ortho nitro benzene ring substituents is 1. The van der Waals surface area contributed by atoms with Crippen LogP contribution in [0, 0.1) is 10.1 Å². The SMILES string of the molecule is CCOC(=O)C1=C(C)NC(=O)N[C@H]1c1ccc(OCC(=O)N/N=C\c2ccc(-c3cc([N+](=O)[O-])ccc3O)o2)c(OC)c1. The number of amides is 3. The van der Waals surface area contributed by atoms with Gasteiger partial charge in [-0.25, -0.2) is 15.0 Å². The summed E-state index contributed by atoms with van der Waals surface area (Å²) < 4.78 is 21.7. The van der Waals surface area contributed by atoms with E-state index in [1.165, 1.54) is 49.7 Å². The van der Waals surface area contributed by atoms with Gasteiger partial charge in [-0.15, -0.1) is 0 Å². The van der Waals surface area contributed by atoms with Gasteiger partial charge in [0, 0.05) is 17.8 Å². The first kappa shape index (κ1) is 30.1. The Kier molecular flexibility index (Phi) is 9.24. The fraction of sp³-hybridized carbons (Fsp3) is 0.214. The van der Waals surface area contributed by atoms with E-state index in [1.807, 2.05) is 0 Å². The fourth-order valence-corrected chi connectivity index (χ4v) is 4.15. The van der Waals surface area contributed by atoms with Crippen LogP contribution in [0.1, 0.15) is 31.2 Å². The molecule has 3 amide bonds. The summed E-state index contributed by atoms with van der Waals surface area (Å²) in [5, 5.41) is 30.1. The maximum absolute atomic E-state index is 12.6. The first-order valence-electron chi connectivity index (χ1n) is 12.8. The van der Waals surface area contributed by atoms with Gasteiger partial charge in [0.25, 0.3) is 11.6 Å². The number of carbonyl (C=O) groups excluding carboxylic acids is 3. The molecule has 0 saturated carbocycles. The van der Waals surface area contributed by atoms with Crippen LogP contribution in [-0.2, 0) is 14.3 Å². The molecule has 0 fully saturated rings. The number of nitro benzene ring substituents is 1. The first-order valence-corrected chi connectivity index (χ1v) is 12.8. The number of allylic oxidation sites excluding steroid dienone is 1. The Morgan fingerprint density at radius 1 is 1.19 bits per heavy atom. The molecule has 4 N–H and O–H groups in total. The van der Waals surface area contributed by atoms with Crippen LogP contribution in [0.2, 0.25) is 0 Å². The van der Waals surface area contributed by atoms with Crippen molar-refractivity contribution in [3.63, 3.8) is 0 Å². The summed E-state index contributed by atoms with van der Waals surface area (Å²) in [6.45, 7) is 3.00. The molecule has 43 heavy (non-hydrogen) atoms. The van der Waals surface area contributed by atoms with Gasteiger partial charge in [-0.3, -0.25) is 14.9 Å². The number of phenols is 1. The molecule has 1 aromatic heterocycles. The third-order valence-corrected chi connectivity index (χ3v) is 6.11. The molecule has 1 aliphatic rings. The van der Waals surface area contributed by atoms with E-state index in [1.54, 1.807) is 26.0 Å². The second-order valence-electron chi connectivity index (χ2n) is 8.94. The Bertz CT molecular complexity index is 1630. The van der Waals surface area contributed by atoms with Gasteiger partial charge in [-0.2, -0.15) is 5.10 Å². The van der Waals surface area contributed by atoms with Crippen molar-refractivity contribution in [2.24, 2.45) is 5.10 Å². The molecule has 0 unspecified atom stereocenters. The maximum atomic E-state index is 12.6. The number of furan rings is 1. The van der Waals surface area contributed by atoms with Crippen molar-refractivity contribution in [2.75, 3.05) is 20.3 Å². The van der Waals surface area contributed by atoms with E-state index in [0.717, 1.165) is 0 Å². The Labute approximate surface area is 244 Å². The molecule has 0 radical (unpaired) electrons. The van der Waals surface area contributed by atoms with Crippen LogP contribution >= 0.6 is 0 Å². The van der Waals surface area contributed by atoms with E-state index in [9.17, 15) is 29.6 Å². The van der Waals surface area contributed by atoms with Crippen LogP contribution in [0.5, 0.6) is 17.2 Å². The average molecular weight is 594 g/mol. The molecular formula is C28H27N5O10. The minimum Gasteiger partial charge on any atom is -0.507 e. The lowest BCUT2D eigenvalue weighted by molar-refractivity contribution is -0.384. The number of hydrogen-bond donors (Lipinski definition) is 4. The number of esters is 1. The molecule has 1 atom stereocenters. The minimum absolute atomic E-state index is 0.122. The molecule has 0 spiro atoms. The zero-order chi connectivity index (χ0) is 31.1. The monoisotopic (exact) mass is 593 g/mol. The number of phenolic OH excluding ortho intramolecular Hbond substituents is 1. The number of aromatic hydroxyl groups is 1. The molecule has 0 bridgehead atoms. The standard InChI is InChI=1S/C28H27N5O10/c1-4-41-27(36)25-15(2)30-28(37)31-26(25)16-5-9-22(23(11-16)40-3)42-14-24(35)32-29-13-18-7-10-21(43-18)19-12-17(33(38)39)6-8-20(19)34/h5-13,26,34H,4,14H2,1-3H3,(H,32,35)(H2,30,31,37)/b29-13-/t26-/m0/s1. The number of rotatable bonds is 11. The van der Waals surface area contributed by atoms with E-state index in [0.29, 0.717) is 11.3 Å². The van der Waals surface area contributed by atoms with Crippen molar-refractivity contribution in [3.05, 3.63) is 81.2 Å². The molecule has 0 aliphatic carbocycles. The molecule has 3 aromatic rings. The Hall–Kier alpha value is -5.86. The number of ether oxygens (including phenoxy) is 3. The van der Waals surface area contributed by atoms with Crippen LogP contribution in [0.3, 0.4) is 0 Å². The zero-order valence-corrected chi connectivity index (χ0v) is 23.2. The largest absolute Gasteiger partial charge is 0.507 e. The lowest BCUT2D eigenvalue weighted by Crippen LogP contribution is -2.45. The van der Waals surface area contributed by atoms with Crippen molar-refractivity contribution >= 4 is 29.8 Å². The topological polar surface area (TPSA) is 204 Å². The first-order chi connectivity index (χ1) is 20.6. The highest BCUT2D eigenvalue weighted by atomic mass is 16.6. The summed E-state index contributed by atoms with van der Waals surface area (Å²) in [4.78, 5) is 47.4. The van der Waals surface area contributed by atoms with Gasteiger partial charge in [-0.1, -0.05) is 6.07 Å². The summed E-state index contributed by atoms with van der Waals surface area (Å²) in [5.74, 6) is -0.565. The van der Waals surface area contributed by atoms with Crippen LogP contribution in [0.15, 0.2) is 69.3 Å². The summed E-state index contributed by atoms with van der Waals surface area (Å²) in [6.07, 6.45) is 1.20. The molecule has 224 valence electrons. The molecule has 4 rings (SSSR count). The van der Waals surface area contributed by atoms with E-state index in [4.69, 9.17) is 18.6 Å². The molecule has 15 heteroatoms. The normalized spacial score (nSPS) is 14.6. The fourth-order valence-electron chi connectivity index (χ4n) is 4.15. The molecule has 1 aliphatic heterocycles. The van der Waals surface area contributed by atoms with Crippen molar-refractivity contribution in [1.82, 2.24) is 16.1 Å². The quantitative estimate of drug-likeness (QED) is 0.110. The van der Waals surface area contributed by atoms with Crippen molar-refractivity contribution in [1.29, 1.82) is 0 Å². The number of nitrogens with zero attached hydrogens (tertiary/aromatic N) is 2. The summed E-state index contributed by atoms with van der Waals surface area (Å²) in [7, 11) is 1.40. The van der Waals surface area contributed by atoms with Crippen LogP contribution in [0.25, 0.3) is 11.3 Å². The lowest BCUT2D eigenvalue weighted by Gasteiger charge is -2.28.